The van der Waals surface area contributed by atoms with Crippen molar-refractivity contribution in [2.24, 2.45) is 5.41 Å². The van der Waals surface area contributed by atoms with Crippen LogP contribution in [0.1, 0.15) is 22.1 Å². The van der Waals surface area contributed by atoms with Crippen molar-refractivity contribution in [2.45, 2.75) is 26.9 Å². The molecular formula is C11H13F3N2O2. The van der Waals surface area contributed by atoms with Gasteiger partial charge in [0.05, 0.1) is 1.37 Å². The second kappa shape index (κ2) is 4.47. The normalized spacial score (nSPS) is 15.1. The van der Waals surface area contributed by atoms with Gasteiger partial charge in [0.15, 0.2) is 0 Å². The highest BCUT2D eigenvalue weighted by Gasteiger charge is 2.30. The summed E-state index contributed by atoms with van der Waals surface area (Å²) in [7, 11) is 0. The number of aromatic nitrogens is 2. The monoisotopic (exact) mass is 263 g/mol. The maximum Gasteiger partial charge on any atom is 0.411 e. The summed E-state index contributed by atoms with van der Waals surface area (Å²) in [4.78, 5) is 24.4. The summed E-state index contributed by atoms with van der Waals surface area (Å²) in [5, 5.41) is 0. The van der Waals surface area contributed by atoms with Gasteiger partial charge >= 0.3 is 11.9 Å². The van der Waals surface area contributed by atoms with Crippen molar-refractivity contribution in [3.05, 3.63) is 39.2 Å². The minimum absolute atomic E-state index is 0.527. The Morgan fingerprint density at radius 1 is 1.39 bits per heavy atom. The Kier molecular flexibility index (Phi) is 3.14. The second-order valence-corrected chi connectivity index (χ2v) is 4.70. The molecule has 0 aliphatic rings. The fraction of sp³-hybridized carbons (Fsp3) is 0.455. The van der Waals surface area contributed by atoms with E-state index in [1.54, 1.807) is 0 Å². The Labute approximate surface area is 102 Å². The molecular weight excluding hydrogens is 249 g/mol. The Morgan fingerprint density at radius 3 is 2.33 bits per heavy atom. The molecule has 1 aromatic rings. The summed E-state index contributed by atoms with van der Waals surface area (Å²) in [5.74, 6) is 0. The molecule has 0 radical (unpaired) electrons. The van der Waals surface area contributed by atoms with Gasteiger partial charge < -0.3 is 0 Å². The molecule has 0 aliphatic heterocycles. The van der Waals surface area contributed by atoms with Crippen molar-refractivity contribution in [2.75, 3.05) is 0 Å². The van der Waals surface area contributed by atoms with E-state index in [4.69, 9.17) is 1.37 Å². The quantitative estimate of drug-likeness (QED) is 0.842. The molecule has 0 aromatic carbocycles. The maximum absolute atomic E-state index is 12.7. The number of hydrogen-bond acceptors (Lipinski definition) is 2. The summed E-state index contributed by atoms with van der Waals surface area (Å²) in [6.45, 7) is 4.33. The standard InChI is InChI=1S/C11H13F3N2O2/c1-10(2,3)7(6-11(12,13)14)16-5-4-8(17)15-9(16)18/h4-6H,1-3H3,(H,15,17,18)/b7-6+/i6D. The summed E-state index contributed by atoms with van der Waals surface area (Å²) < 4.78 is 45.9. The van der Waals surface area contributed by atoms with Gasteiger partial charge in [0.1, 0.15) is 0 Å². The smallest absolute Gasteiger partial charge is 0.274 e. The van der Waals surface area contributed by atoms with E-state index in [9.17, 15) is 22.8 Å². The molecule has 4 nitrogen and oxygen atoms in total. The van der Waals surface area contributed by atoms with Crippen molar-refractivity contribution in [1.29, 1.82) is 0 Å². The van der Waals surface area contributed by atoms with Gasteiger partial charge in [-0.1, -0.05) is 20.8 Å². The highest BCUT2D eigenvalue weighted by molar-refractivity contribution is 5.51. The van der Waals surface area contributed by atoms with Crippen molar-refractivity contribution in [3.63, 3.8) is 0 Å². The Morgan fingerprint density at radius 2 is 1.94 bits per heavy atom. The van der Waals surface area contributed by atoms with E-state index in [-0.39, 0.29) is 0 Å². The highest BCUT2D eigenvalue weighted by Crippen LogP contribution is 2.32. The molecule has 1 heterocycles. The van der Waals surface area contributed by atoms with E-state index in [0.717, 1.165) is 12.3 Å². The molecule has 1 aromatic heterocycles. The van der Waals surface area contributed by atoms with Crippen LogP contribution in [0.15, 0.2) is 27.9 Å². The van der Waals surface area contributed by atoms with Gasteiger partial charge in [0.2, 0.25) is 0 Å². The summed E-state index contributed by atoms with van der Waals surface area (Å²) in [6.07, 6.45) is -3.94. The van der Waals surface area contributed by atoms with Crippen molar-refractivity contribution in [3.8, 4) is 0 Å². The third-order valence-electron chi connectivity index (χ3n) is 2.04. The molecule has 18 heavy (non-hydrogen) atoms. The average molecular weight is 263 g/mol. The van der Waals surface area contributed by atoms with Crippen LogP contribution in [0.3, 0.4) is 0 Å². The number of halogens is 3. The molecule has 0 aliphatic carbocycles. The fourth-order valence-corrected chi connectivity index (χ4v) is 1.34. The zero-order chi connectivity index (χ0) is 15.0. The van der Waals surface area contributed by atoms with Crippen LogP contribution in [0.5, 0.6) is 0 Å². The lowest BCUT2D eigenvalue weighted by atomic mass is 9.91. The van der Waals surface area contributed by atoms with Gasteiger partial charge in [-0.05, 0) is 0 Å². The summed E-state index contributed by atoms with van der Waals surface area (Å²) in [5.41, 5.74) is -3.35. The fourth-order valence-electron chi connectivity index (χ4n) is 1.34. The molecule has 0 saturated carbocycles. The Bertz CT molecular complexity index is 620. The number of nitrogens with zero attached hydrogens (tertiary/aromatic N) is 1. The number of nitrogens with one attached hydrogen (secondary N) is 1. The molecule has 0 bridgehead atoms. The minimum atomic E-state index is -4.88. The van der Waals surface area contributed by atoms with Gasteiger partial charge in [-0.25, -0.2) is 4.79 Å². The molecule has 0 saturated heterocycles. The molecule has 0 unspecified atom stereocenters. The SMILES string of the molecule is [2H]/C(=C(\n1ccc(=O)[nH]c1=O)C(C)(C)C)C(F)(F)F. The molecule has 0 atom stereocenters. The molecule has 1 rings (SSSR count). The summed E-state index contributed by atoms with van der Waals surface area (Å²) >= 11 is 0. The number of hydrogen-bond donors (Lipinski definition) is 1. The van der Waals surface area contributed by atoms with Crippen LogP contribution in [0.4, 0.5) is 13.2 Å². The Hall–Kier alpha value is -1.79. The van der Waals surface area contributed by atoms with Crippen LogP contribution >= 0.6 is 0 Å². The Balaban J connectivity index is 3.70. The third kappa shape index (κ3) is 3.61. The topological polar surface area (TPSA) is 54.9 Å². The number of rotatable bonds is 1. The first kappa shape index (κ1) is 12.7. The van der Waals surface area contributed by atoms with Crippen LogP contribution in [0, 0.1) is 5.41 Å². The van der Waals surface area contributed by atoms with E-state index < -0.39 is 34.6 Å². The zero-order valence-electron chi connectivity index (χ0n) is 11.1. The highest BCUT2D eigenvalue weighted by atomic mass is 19.4. The first-order valence-corrected chi connectivity index (χ1v) is 5.05. The van der Waals surface area contributed by atoms with Crippen molar-refractivity contribution in [1.82, 2.24) is 9.55 Å². The second-order valence-electron chi connectivity index (χ2n) is 4.70. The predicted octanol–water partition coefficient (Wildman–Crippen LogP) is 1.99. The van der Waals surface area contributed by atoms with Crippen LogP contribution < -0.4 is 11.2 Å². The number of allylic oxidation sites excluding steroid dienone is 2. The van der Waals surface area contributed by atoms with Crippen LogP contribution in [-0.4, -0.2) is 15.7 Å². The molecule has 1 N–H and O–H groups in total. The van der Waals surface area contributed by atoms with Crippen LogP contribution in [0.25, 0.3) is 5.70 Å². The molecule has 7 heteroatoms. The van der Waals surface area contributed by atoms with E-state index in [2.05, 4.69) is 0 Å². The van der Waals surface area contributed by atoms with Crippen LogP contribution in [0.2, 0.25) is 0 Å². The van der Waals surface area contributed by atoms with E-state index in [1.165, 1.54) is 20.8 Å². The first-order chi connectivity index (χ1) is 8.44. The maximum atomic E-state index is 12.7. The molecule has 100 valence electrons. The lowest BCUT2D eigenvalue weighted by Crippen LogP contribution is -2.32. The number of H-pyrrole nitrogens is 1. The van der Waals surface area contributed by atoms with Crippen molar-refractivity contribution < 1.29 is 14.5 Å². The van der Waals surface area contributed by atoms with E-state index in [0.29, 0.717) is 4.57 Å². The zero-order valence-corrected chi connectivity index (χ0v) is 10.1. The largest absolute Gasteiger partial charge is 0.411 e. The van der Waals surface area contributed by atoms with Gasteiger partial charge in [-0.15, -0.1) is 0 Å². The van der Waals surface area contributed by atoms with Gasteiger partial charge in [-0.2, -0.15) is 13.2 Å². The predicted molar refractivity (Wildman–Crippen MR) is 61.1 cm³/mol. The first-order valence-electron chi connectivity index (χ1n) is 5.55. The van der Waals surface area contributed by atoms with Gasteiger partial charge in [0, 0.05) is 29.4 Å². The molecule has 0 amide bonds. The lowest BCUT2D eigenvalue weighted by Gasteiger charge is -2.24. The minimum Gasteiger partial charge on any atom is -0.274 e. The van der Waals surface area contributed by atoms with Crippen molar-refractivity contribution >= 4 is 5.70 Å². The summed E-state index contributed by atoms with van der Waals surface area (Å²) in [6, 6.07) is -0.689. The molecule has 0 fully saturated rings. The van der Waals surface area contributed by atoms with Gasteiger partial charge in [0.25, 0.3) is 5.56 Å². The van der Waals surface area contributed by atoms with E-state index in [1.807, 2.05) is 4.98 Å². The molecule has 0 spiro atoms. The number of aromatic amines is 1. The van der Waals surface area contributed by atoms with E-state index >= 15 is 0 Å². The lowest BCUT2D eigenvalue weighted by molar-refractivity contribution is -0.0800. The van der Waals surface area contributed by atoms with Crippen LogP contribution in [-0.2, 0) is 0 Å². The average Bonchev–Trinajstić information content (AvgIpc) is 2.18. The number of alkyl halides is 3. The third-order valence-corrected chi connectivity index (χ3v) is 2.04. The van der Waals surface area contributed by atoms with Gasteiger partial charge in [-0.3, -0.25) is 14.3 Å².